The average molecular weight is 274 g/mol. The van der Waals surface area contributed by atoms with Crippen LogP contribution in [-0.4, -0.2) is 36.6 Å². The number of aromatic nitrogens is 1. The standard InChI is InChI=1S/C15H18N2O3/c1-9(2)16-8-13(18)11-7-17-12-6-15-14(5-10(11)12)19-3-4-20-15/h5-7,9,16-17H,3-4,8H2,1-2H3. The van der Waals surface area contributed by atoms with Crippen molar-refractivity contribution in [3.05, 3.63) is 23.9 Å². The topological polar surface area (TPSA) is 63.4 Å². The lowest BCUT2D eigenvalue weighted by atomic mass is 10.1. The summed E-state index contributed by atoms with van der Waals surface area (Å²) in [7, 11) is 0. The van der Waals surface area contributed by atoms with E-state index in [9.17, 15) is 4.79 Å². The molecule has 0 bridgehead atoms. The minimum atomic E-state index is 0.0710. The first kappa shape index (κ1) is 13.0. The van der Waals surface area contributed by atoms with Crippen LogP contribution in [0.15, 0.2) is 18.3 Å². The number of aromatic amines is 1. The first-order valence-corrected chi connectivity index (χ1v) is 6.82. The Bertz CT molecular complexity index is 646. The van der Waals surface area contributed by atoms with Crippen molar-refractivity contribution in [1.82, 2.24) is 10.3 Å². The molecule has 0 saturated heterocycles. The van der Waals surface area contributed by atoms with Gasteiger partial charge in [0, 0.05) is 29.3 Å². The lowest BCUT2D eigenvalue weighted by molar-refractivity contribution is 0.0990. The van der Waals surface area contributed by atoms with E-state index in [1.54, 1.807) is 6.20 Å². The largest absolute Gasteiger partial charge is 0.486 e. The number of fused-ring (bicyclic) bond motifs is 2. The fourth-order valence-corrected chi connectivity index (χ4v) is 2.28. The van der Waals surface area contributed by atoms with Crippen molar-refractivity contribution in [3.63, 3.8) is 0 Å². The van der Waals surface area contributed by atoms with Gasteiger partial charge >= 0.3 is 0 Å². The summed E-state index contributed by atoms with van der Waals surface area (Å²) in [5.41, 5.74) is 1.58. The van der Waals surface area contributed by atoms with Gasteiger partial charge in [-0.2, -0.15) is 0 Å². The van der Waals surface area contributed by atoms with Crippen molar-refractivity contribution in [2.45, 2.75) is 19.9 Å². The van der Waals surface area contributed by atoms with Gasteiger partial charge in [-0.05, 0) is 6.07 Å². The van der Waals surface area contributed by atoms with Gasteiger partial charge in [0.25, 0.3) is 0 Å². The van der Waals surface area contributed by atoms with Crippen LogP contribution in [0.1, 0.15) is 24.2 Å². The van der Waals surface area contributed by atoms with Crippen LogP contribution in [0.5, 0.6) is 11.5 Å². The molecule has 1 aliphatic heterocycles. The zero-order valence-electron chi connectivity index (χ0n) is 11.7. The second-order valence-corrected chi connectivity index (χ2v) is 5.20. The van der Waals surface area contributed by atoms with Gasteiger partial charge in [-0.15, -0.1) is 0 Å². The molecule has 5 heteroatoms. The monoisotopic (exact) mass is 274 g/mol. The molecule has 0 saturated carbocycles. The van der Waals surface area contributed by atoms with Crippen molar-refractivity contribution in [1.29, 1.82) is 0 Å². The molecule has 1 aromatic carbocycles. The zero-order chi connectivity index (χ0) is 14.1. The molecule has 1 aliphatic rings. The fraction of sp³-hybridized carbons (Fsp3) is 0.400. The van der Waals surface area contributed by atoms with Crippen LogP contribution in [0, 0.1) is 0 Å². The number of nitrogens with one attached hydrogen (secondary N) is 2. The van der Waals surface area contributed by atoms with E-state index in [4.69, 9.17) is 9.47 Å². The van der Waals surface area contributed by atoms with Crippen LogP contribution in [0.25, 0.3) is 10.9 Å². The Morgan fingerprint density at radius 1 is 1.30 bits per heavy atom. The number of benzene rings is 1. The number of ketones is 1. The number of carbonyl (C=O) groups is 1. The molecule has 2 heterocycles. The molecule has 106 valence electrons. The van der Waals surface area contributed by atoms with Crippen LogP contribution < -0.4 is 14.8 Å². The Hall–Kier alpha value is -2.01. The molecule has 0 spiro atoms. The molecule has 0 unspecified atom stereocenters. The molecule has 20 heavy (non-hydrogen) atoms. The van der Waals surface area contributed by atoms with Crippen molar-refractivity contribution in [2.24, 2.45) is 0 Å². The minimum Gasteiger partial charge on any atom is -0.486 e. The van der Waals surface area contributed by atoms with Crippen LogP contribution in [0.4, 0.5) is 0 Å². The maximum absolute atomic E-state index is 12.2. The van der Waals surface area contributed by atoms with Crippen LogP contribution in [-0.2, 0) is 0 Å². The highest BCUT2D eigenvalue weighted by atomic mass is 16.6. The van der Waals surface area contributed by atoms with E-state index in [1.165, 1.54) is 0 Å². The van der Waals surface area contributed by atoms with Crippen LogP contribution in [0.3, 0.4) is 0 Å². The second-order valence-electron chi connectivity index (χ2n) is 5.20. The third-order valence-electron chi connectivity index (χ3n) is 3.32. The normalized spacial score (nSPS) is 13.9. The van der Waals surface area contributed by atoms with E-state index >= 15 is 0 Å². The van der Waals surface area contributed by atoms with Crippen molar-refractivity contribution in [3.8, 4) is 11.5 Å². The number of H-pyrrole nitrogens is 1. The summed E-state index contributed by atoms with van der Waals surface area (Å²) < 4.78 is 11.1. The van der Waals surface area contributed by atoms with Crippen molar-refractivity contribution in [2.75, 3.05) is 19.8 Å². The molecular formula is C15H18N2O3. The molecule has 0 radical (unpaired) electrons. The number of hydrogen-bond acceptors (Lipinski definition) is 4. The van der Waals surface area contributed by atoms with E-state index in [0.717, 1.165) is 16.7 Å². The predicted molar refractivity (Wildman–Crippen MR) is 76.8 cm³/mol. The third-order valence-corrected chi connectivity index (χ3v) is 3.32. The summed E-state index contributed by atoms with van der Waals surface area (Å²) >= 11 is 0. The highest BCUT2D eigenvalue weighted by Crippen LogP contribution is 2.35. The Kier molecular flexibility index (Phi) is 3.36. The highest BCUT2D eigenvalue weighted by Gasteiger charge is 2.18. The SMILES string of the molecule is CC(C)NCC(=O)c1c[nH]c2cc3c(cc12)OCCO3. The lowest BCUT2D eigenvalue weighted by Gasteiger charge is -2.18. The molecule has 0 amide bonds. The molecule has 3 rings (SSSR count). The van der Waals surface area contributed by atoms with E-state index in [2.05, 4.69) is 10.3 Å². The second kappa shape index (κ2) is 5.17. The summed E-state index contributed by atoms with van der Waals surface area (Å²) in [6, 6.07) is 4.05. The Morgan fingerprint density at radius 2 is 2.00 bits per heavy atom. The third kappa shape index (κ3) is 2.36. The Labute approximate surface area is 117 Å². The minimum absolute atomic E-state index is 0.0710. The quantitative estimate of drug-likeness (QED) is 0.838. The predicted octanol–water partition coefficient (Wildman–Crippen LogP) is 2.12. The number of ether oxygens (including phenoxy) is 2. The van der Waals surface area contributed by atoms with Gasteiger partial charge in [0.05, 0.1) is 12.1 Å². The van der Waals surface area contributed by atoms with Gasteiger partial charge in [-0.1, -0.05) is 13.8 Å². The Balaban J connectivity index is 1.94. The summed E-state index contributed by atoms with van der Waals surface area (Å²) in [6.45, 7) is 5.47. The van der Waals surface area contributed by atoms with E-state index < -0.39 is 0 Å². The zero-order valence-corrected chi connectivity index (χ0v) is 11.7. The maximum Gasteiger partial charge on any atom is 0.178 e. The van der Waals surface area contributed by atoms with Crippen LogP contribution >= 0.6 is 0 Å². The summed E-state index contributed by atoms with van der Waals surface area (Å²) in [4.78, 5) is 15.4. The van der Waals surface area contributed by atoms with E-state index in [1.807, 2.05) is 26.0 Å². The number of Topliss-reactive ketones (excluding diaryl/α,β-unsaturated/α-hetero) is 1. The first-order chi connectivity index (χ1) is 9.65. The number of carbonyl (C=O) groups excluding carboxylic acids is 1. The summed E-state index contributed by atoms with van der Waals surface area (Å²) in [6.07, 6.45) is 1.75. The number of rotatable bonds is 4. The van der Waals surface area contributed by atoms with Crippen molar-refractivity contribution >= 4 is 16.7 Å². The maximum atomic E-state index is 12.2. The fourth-order valence-electron chi connectivity index (χ4n) is 2.28. The van der Waals surface area contributed by atoms with E-state index in [0.29, 0.717) is 31.1 Å². The summed E-state index contributed by atoms with van der Waals surface area (Å²) in [5, 5.41) is 4.02. The van der Waals surface area contributed by atoms with Gasteiger partial charge in [0.1, 0.15) is 13.2 Å². The lowest BCUT2D eigenvalue weighted by Crippen LogP contribution is -2.29. The van der Waals surface area contributed by atoms with Gasteiger partial charge in [0.15, 0.2) is 17.3 Å². The first-order valence-electron chi connectivity index (χ1n) is 6.82. The summed E-state index contributed by atoms with van der Waals surface area (Å²) in [5.74, 6) is 1.50. The van der Waals surface area contributed by atoms with Gasteiger partial charge in [0.2, 0.25) is 0 Å². The Morgan fingerprint density at radius 3 is 2.70 bits per heavy atom. The van der Waals surface area contributed by atoms with Gasteiger partial charge in [-0.3, -0.25) is 4.79 Å². The molecule has 0 fully saturated rings. The molecule has 2 N–H and O–H groups in total. The number of hydrogen-bond donors (Lipinski definition) is 2. The molecule has 2 aromatic rings. The molecular weight excluding hydrogens is 256 g/mol. The van der Waals surface area contributed by atoms with Gasteiger partial charge < -0.3 is 19.8 Å². The van der Waals surface area contributed by atoms with Crippen LogP contribution in [0.2, 0.25) is 0 Å². The molecule has 1 aromatic heterocycles. The molecule has 0 atom stereocenters. The highest BCUT2D eigenvalue weighted by molar-refractivity contribution is 6.09. The van der Waals surface area contributed by atoms with Crippen molar-refractivity contribution < 1.29 is 14.3 Å². The molecule has 0 aliphatic carbocycles. The van der Waals surface area contributed by atoms with Gasteiger partial charge in [-0.25, -0.2) is 0 Å². The van der Waals surface area contributed by atoms with E-state index in [-0.39, 0.29) is 11.8 Å². The smallest absolute Gasteiger partial charge is 0.178 e. The average Bonchev–Trinajstić information content (AvgIpc) is 2.85. The molecule has 5 nitrogen and oxygen atoms in total.